The number of hydrogen-bond donors (Lipinski definition) is 3. The highest BCUT2D eigenvalue weighted by atomic mass is 16.7. The van der Waals surface area contributed by atoms with E-state index in [1.54, 1.807) is 13.8 Å². The summed E-state index contributed by atoms with van der Waals surface area (Å²) in [5.74, 6) is -6.44. The molecular weight excluding hydrogens is 688 g/mol. The summed E-state index contributed by atoms with van der Waals surface area (Å²) in [7, 11) is 0. The minimum absolute atomic E-state index is 0.101. The van der Waals surface area contributed by atoms with Gasteiger partial charge < -0.3 is 48.5 Å². The molecule has 53 heavy (non-hydrogen) atoms. The van der Waals surface area contributed by atoms with Crippen molar-refractivity contribution in [3.8, 4) is 0 Å². The molecule has 1 unspecified atom stereocenters. The molecule has 13 heteroatoms. The Bertz CT molecular complexity index is 1330. The van der Waals surface area contributed by atoms with Crippen LogP contribution in [-0.4, -0.2) is 105 Å². The second-order valence-corrected chi connectivity index (χ2v) is 17.6. The number of aliphatic carboxylic acids is 1. The largest absolute Gasteiger partial charge is 0.481 e. The zero-order valence-electron chi connectivity index (χ0n) is 33.5. The number of aliphatic hydroxyl groups excluding tert-OH is 1. The van der Waals surface area contributed by atoms with Crippen LogP contribution in [0.15, 0.2) is 0 Å². The molecule has 304 valence electrons. The van der Waals surface area contributed by atoms with Crippen molar-refractivity contribution >= 4 is 17.9 Å². The summed E-state index contributed by atoms with van der Waals surface area (Å²) in [4.78, 5) is 37.3. The SMILES string of the molecule is CCC(=O)O[C@H]([C@H](C)[C@H]1O[C@@]2(CC[C@@](C)([C@H]3CC[C@@](C)(C4O[C@@H]([C@H]5O[C@@](O)(CO)[C@H](C)C[C@@H]5C)C[C@@H]4C)O3)O2)C[C@H](OC(=O)CC)[C@H]1C)[C@@H](C)C(=O)O. The van der Waals surface area contributed by atoms with E-state index in [-0.39, 0.29) is 66.9 Å². The Morgan fingerprint density at radius 1 is 0.887 bits per heavy atom. The Hall–Kier alpha value is -1.87. The van der Waals surface area contributed by atoms with Gasteiger partial charge in [0.2, 0.25) is 0 Å². The van der Waals surface area contributed by atoms with Gasteiger partial charge in [0.25, 0.3) is 0 Å². The van der Waals surface area contributed by atoms with Crippen molar-refractivity contribution in [2.45, 2.75) is 193 Å². The molecule has 3 N–H and O–H groups in total. The van der Waals surface area contributed by atoms with Gasteiger partial charge in [-0.05, 0) is 64.7 Å². The van der Waals surface area contributed by atoms with Gasteiger partial charge in [0.1, 0.15) is 12.2 Å². The van der Waals surface area contributed by atoms with Crippen molar-refractivity contribution in [1.29, 1.82) is 0 Å². The molecule has 5 aliphatic rings. The van der Waals surface area contributed by atoms with Crippen molar-refractivity contribution in [3.63, 3.8) is 0 Å². The Morgan fingerprint density at radius 3 is 2.19 bits per heavy atom. The molecule has 0 aliphatic carbocycles. The van der Waals surface area contributed by atoms with Crippen LogP contribution in [0.5, 0.6) is 0 Å². The summed E-state index contributed by atoms with van der Waals surface area (Å²) in [6.45, 7) is 18.5. The minimum atomic E-state index is -1.59. The van der Waals surface area contributed by atoms with E-state index in [0.717, 1.165) is 25.7 Å². The van der Waals surface area contributed by atoms with Crippen LogP contribution in [0.4, 0.5) is 0 Å². The molecule has 0 aromatic rings. The third-order valence-corrected chi connectivity index (χ3v) is 13.5. The van der Waals surface area contributed by atoms with Gasteiger partial charge in [-0.15, -0.1) is 0 Å². The van der Waals surface area contributed by atoms with E-state index < -0.39 is 71.5 Å². The molecule has 0 bridgehead atoms. The lowest BCUT2D eigenvalue weighted by Crippen LogP contribution is -2.57. The maximum Gasteiger partial charge on any atom is 0.309 e. The number of esters is 2. The maximum atomic E-state index is 12.7. The predicted molar refractivity (Wildman–Crippen MR) is 191 cm³/mol. The van der Waals surface area contributed by atoms with Crippen molar-refractivity contribution < 1.29 is 62.9 Å². The number of ether oxygens (including phenoxy) is 7. The van der Waals surface area contributed by atoms with E-state index in [0.29, 0.717) is 19.3 Å². The van der Waals surface area contributed by atoms with Gasteiger partial charge in [-0.3, -0.25) is 14.4 Å². The first-order valence-corrected chi connectivity index (χ1v) is 20.1. The number of hydrogen-bond acceptors (Lipinski definition) is 12. The van der Waals surface area contributed by atoms with E-state index in [4.69, 9.17) is 33.2 Å². The van der Waals surface area contributed by atoms with Gasteiger partial charge in [-0.25, -0.2) is 0 Å². The predicted octanol–water partition coefficient (Wildman–Crippen LogP) is 5.15. The molecule has 5 aliphatic heterocycles. The summed E-state index contributed by atoms with van der Waals surface area (Å²) in [6, 6.07) is 0. The van der Waals surface area contributed by atoms with Crippen LogP contribution < -0.4 is 0 Å². The van der Waals surface area contributed by atoms with Crippen molar-refractivity contribution in [2.75, 3.05) is 6.61 Å². The first-order valence-electron chi connectivity index (χ1n) is 20.1. The summed E-state index contributed by atoms with van der Waals surface area (Å²) in [5, 5.41) is 30.9. The lowest BCUT2D eigenvalue weighted by molar-refractivity contribution is -0.336. The fourth-order valence-corrected chi connectivity index (χ4v) is 10.0. The molecule has 5 saturated heterocycles. The van der Waals surface area contributed by atoms with Gasteiger partial charge in [-0.2, -0.15) is 0 Å². The second-order valence-electron chi connectivity index (χ2n) is 17.6. The zero-order chi connectivity index (χ0) is 39.3. The van der Waals surface area contributed by atoms with Gasteiger partial charge in [0.15, 0.2) is 11.6 Å². The summed E-state index contributed by atoms with van der Waals surface area (Å²) < 4.78 is 45.6. The number of carbonyl (C=O) groups excluding carboxylic acids is 2. The number of carboxylic acids is 1. The lowest BCUT2D eigenvalue weighted by atomic mass is 9.78. The molecule has 5 heterocycles. The van der Waals surface area contributed by atoms with Crippen LogP contribution in [0.25, 0.3) is 0 Å². The van der Waals surface area contributed by atoms with Gasteiger partial charge in [-0.1, -0.05) is 48.5 Å². The molecule has 0 amide bonds. The number of carboxylic acid groups (broad SMARTS) is 1. The maximum absolute atomic E-state index is 12.7. The topological polar surface area (TPSA) is 177 Å². The number of rotatable bonds is 12. The van der Waals surface area contributed by atoms with Gasteiger partial charge in [0, 0.05) is 43.4 Å². The standard InChI is InChI=1S/C40H66O13/c1-11-30(42)47-28-19-39(51-34(24(28)6)25(7)33(26(8)36(44)45)49-31(43)12-2)16-15-37(9,53-39)29-13-14-38(10,50-29)35-22(4)18-27(48-35)32-21(3)17-23(5)40(46,20-41)52-32/h21-29,32-35,41,46H,11-20H2,1-10H3,(H,44,45)/t21-,22-,23+,24+,25-,26+,27+,28-,29+,32-,33+,34-,35?,37-,38-,39+,40-/m0/s1. The quantitative estimate of drug-likeness (QED) is 0.223. The summed E-state index contributed by atoms with van der Waals surface area (Å²) >= 11 is 0. The highest BCUT2D eigenvalue weighted by Gasteiger charge is 2.62. The average molecular weight is 755 g/mol. The van der Waals surface area contributed by atoms with Crippen molar-refractivity contribution in [3.05, 3.63) is 0 Å². The minimum Gasteiger partial charge on any atom is -0.481 e. The summed E-state index contributed by atoms with van der Waals surface area (Å²) in [6.07, 6.45) is 1.37. The Labute approximate surface area is 315 Å². The van der Waals surface area contributed by atoms with Crippen LogP contribution in [0, 0.1) is 35.5 Å². The molecule has 0 aromatic heterocycles. The highest BCUT2D eigenvalue weighted by molar-refractivity contribution is 5.73. The smallest absolute Gasteiger partial charge is 0.309 e. The van der Waals surface area contributed by atoms with Gasteiger partial charge >= 0.3 is 17.9 Å². The Kier molecular flexibility index (Phi) is 12.7. The highest BCUT2D eigenvalue weighted by Crippen LogP contribution is 2.54. The second kappa shape index (κ2) is 15.9. The molecular formula is C40H66O13. The number of carbonyl (C=O) groups is 3. The fourth-order valence-electron chi connectivity index (χ4n) is 10.0. The average Bonchev–Trinajstić information content (AvgIpc) is 3.81. The molecule has 5 fully saturated rings. The van der Waals surface area contributed by atoms with Crippen LogP contribution >= 0.6 is 0 Å². The van der Waals surface area contributed by atoms with Crippen LogP contribution in [0.3, 0.4) is 0 Å². The lowest BCUT2D eigenvalue weighted by Gasteiger charge is -2.49. The molecule has 0 aromatic carbocycles. The van der Waals surface area contributed by atoms with Crippen LogP contribution in [0.2, 0.25) is 0 Å². The van der Waals surface area contributed by atoms with Crippen LogP contribution in [-0.2, 0) is 47.5 Å². The first kappa shape index (κ1) is 42.3. The van der Waals surface area contributed by atoms with E-state index in [1.165, 1.54) is 6.92 Å². The normalized spacial score (nSPS) is 46.2. The van der Waals surface area contributed by atoms with E-state index >= 15 is 0 Å². The number of aliphatic hydroxyl groups is 2. The van der Waals surface area contributed by atoms with E-state index in [2.05, 4.69) is 20.8 Å². The zero-order valence-corrected chi connectivity index (χ0v) is 33.5. The molecule has 5 rings (SSSR count). The fraction of sp³-hybridized carbons (Fsp3) is 0.925. The monoisotopic (exact) mass is 754 g/mol. The van der Waals surface area contributed by atoms with Crippen molar-refractivity contribution in [2.24, 2.45) is 35.5 Å². The Balaban J connectivity index is 1.33. The first-order chi connectivity index (χ1) is 24.7. The summed E-state index contributed by atoms with van der Waals surface area (Å²) in [5.41, 5.74) is -1.36. The molecule has 0 radical (unpaired) electrons. The van der Waals surface area contributed by atoms with Crippen molar-refractivity contribution in [1.82, 2.24) is 0 Å². The van der Waals surface area contributed by atoms with Crippen LogP contribution in [0.1, 0.15) is 127 Å². The van der Waals surface area contributed by atoms with Gasteiger partial charge in [0.05, 0.1) is 54.2 Å². The Morgan fingerprint density at radius 2 is 1.57 bits per heavy atom. The third kappa shape index (κ3) is 8.32. The molecule has 17 atom stereocenters. The third-order valence-electron chi connectivity index (χ3n) is 13.5. The molecule has 0 saturated carbocycles. The molecule has 1 spiro atoms. The van der Waals surface area contributed by atoms with E-state index in [9.17, 15) is 29.7 Å². The molecule has 13 nitrogen and oxygen atoms in total. The van der Waals surface area contributed by atoms with E-state index in [1.807, 2.05) is 27.7 Å².